The number of carbonyl (C=O) groups excluding carboxylic acids is 1. The van der Waals surface area contributed by atoms with Crippen molar-refractivity contribution in [1.82, 2.24) is 9.97 Å². The maximum atomic E-state index is 9.44. The van der Waals surface area contributed by atoms with Gasteiger partial charge in [0.05, 0.1) is 11.0 Å². The van der Waals surface area contributed by atoms with Crippen LogP contribution in [-0.2, 0) is 11.2 Å². The molecule has 0 atom stereocenters. The standard InChI is InChI=1S/C19H16N2.C3H6O/c1-2-6-14(7-3-1)12-15-10-11-17-18(13-15)21-19(20-17)16-8-4-5-9-16;1-3(2)4/h1-8,10-11,13H,9,12H2,(H,20,21);1-2H3. The van der Waals surface area contributed by atoms with Crippen LogP contribution in [0.3, 0.4) is 0 Å². The molecule has 1 aliphatic carbocycles. The van der Waals surface area contributed by atoms with E-state index in [-0.39, 0.29) is 5.78 Å². The number of hydrogen-bond acceptors (Lipinski definition) is 2. The molecule has 1 heterocycles. The number of fused-ring (bicyclic) bond motifs is 1. The van der Waals surface area contributed by atoms with Crippen LogP contribution in [-0.4, -0.2) is 15.8 Å². The summed E-state index contributed by atoms with van der Waals surface area (Å²) < 4.78 is 0. The Kier molecular flexibility index (Phi) is 5.24. The largest absolute Gasteiger partial charge is 0.338 e. The van der Waals surface area contributed by atoms with Crippen LogP contribution in [0.15, 0.2) is 66.8 Å². The Bertz CT molecular complexity index is 929. The highest BCUT2D eigenvalue weighted by Crippen LogP contribution is 2.24. The number of Topliss-reactive ketones (excluding diaryl/α,β-unsaturated/α-hetero) is 1. The number of H-pyrrole nitrogens is 1. The van der Waals surface area contributed by atoms with Crippen LogP contribution in [0, 0.1) is 0 Å². The lowest BCUT2D eigenvalue weighted by Crippen LogP contribution is -1.87. The number of imidazole rings is 1. The molecule has 1 aromatic heterocycles. The molecule has 0 unspecified atom stereocenters. The van der Waals surface area contributed by atoms with Gasteiger partial charge >= 0.3 is 0 Å². The first kappa shape index (κ1) is 16.9. The molecule has 1 N–H and O–H groups in total. The van der Waals surface area contributed by atoms with Crippen LogP contribution < -0.4 is 0 Å². The van der Waals surface area contributed by atoms with E-state index in [9.17, 15) is 4.79 Å². The number of allylic oxidation sites excluding steroid dienone is 4. The quantitative estimate of drug-likeness (QED) is 0.727. The predicted molar refractivity (Wildman–Crippen MR) is 103 cm³/mol. The van der Waals surface area contributed by atoms with Gasteiger partial charge in [-0.2, -0.15) is 0 Å². The summed E-state index contributed by atoms with van der Waals surface area (Å²) in [5.41, 5.74) is 6.05. The third-order valence-corrected chi connectivity index (χ3v) is 3.87. The highest BCUT2D eigenvalue weighted by Gasteiger charge is 2.09. The molecule has 0 saturated heterocycles. The van der Waals surface area contributed by atoms with E-state index in [0.717, 1.165) is 29.7 Å². The van der Waals surface area contributed by atoms with Crippen LogP contribution in [0.5, 0.6) is 0 Å². The van der Waals surface area contributed by atoms with Crippen molar-refractivity contribution in [3.05, 3.63) is 83.7 Å². The van der Waals surface area contributed by atoms with Gasteiger partial charge < -0.3 is 9.78 Å². The smallest absolute Gasteiger partial charge is 0.134 e. The maximum absolute atomic E-state index is 9.44. The highest BCUT2D eigenvalue weighted by atomic mass is 16.1. The summed E-state index contributed by atoms with van der Waals surface area (Å²) in [6.07, 6.45) is 8.29. The van der Waals surface area contributed by atoms with Crippen LogP contribution in [0.25, 0.3) is 16.6 Å². The second-order valence-electron chi connectivity index (χ2n) is 6.33. The first-order chi connectivity index (χ1) is 12.1. The summed E-state index contributed by atoms with van der Waals surface area (Å²) in [6, 6.07) is 17.0. The van der Waals surface area contributed by atoms with Gasteiger partial charge in [0.1, 0.15) is 11.6 Å². The summed E-state index contributed by atoms with van der Waals surface area (Å²) in [5.74, 6) is 1.16. The number of hydrogen-bond donors (Lipinski definition) is 1. The monoisotopic (exact) mass is 330 g/mol. The molecule has 1 aliphatic rings. The third-order valence-electron chi connectivity index (χ3n) is 3.87. The minimum atomic E-state index is 0.167. The van der Waals surface area contributed by atoms with Crippen LogP contribution in [0.2, 0.25) is 0 Å². The van der Waals surface area contributed by atoms with E-state index in [1.807, 2.05) is 0 Å². The molecule has 4 rings (SSSR count). The molecule has 3 heteroatoms. The molecular formula is C22H22N2O. The molecule has 0 bridgehead atoms. The third kappa shape index (κ3) is 4.54. The van der Waals surface area contributed by atoms with Gasteiger partial charge in [-0.1, -0.05) is 54.6 Å². The average Bonchev–Trinajstić information content (AvgIpc) is 3.24. The van der Waals surface area contributed by atoms with Crippen molar-refractivity contribution in [2.24, 2.45) is 0 Å². The van der Waals surface area contributed by atoms with Gasteiger partial charge in [-0.3, -0.25) is 0 Å². The molecule has 25 heavy (non-hydrogen) atoms. The van der Waals surface area contributed by atoms with Gasteiger partial charge in [-0.25, -0.2) is 4.98 Å². The summed E-state index contributed by atoms with van der Waals surface area (Å²) in [7, 11) is 0. The summed E-state index contributed by atoms with van der Waals surface area (Å²) >= 11 is 0. The van der Waals surface area contributed by atoms with E-state index in [0.29, 0.717) is 0 Å². The lowest BCUT2D eigenvalue weighted by molar-refractivity contribution is -0.114. The van der Waals surface area contributed by atoms with E-state index in [1.54, 1.807) is 0 Å². The van der Waals surface area contributed by atoms with Gasteiger partial charge in [0.25, 0.3) is 0 Å². The van der Waals surface area contributed by atoms with Crippen molar-refractivity contribution in [2.45, 2.75) is 26.7 Å². The van der Waals surface area contributed by atoms with Gasteiger partial charge in [0.2, 0.25) is 0 Å². The van der Waals surface area contributed by atoms with E-state index >= 15 is 0 Å². The Morgan fingerprint density at radius 2 is 1.84 bits per heavy atom. The number of nitrogens with one attached hydrogen (secondary N) is 1. The van der Waals surface area contributed by atoms with Crippen molar-refractivity contribution in [3.8, 4) is 0 Å². The molecule has 0 spiro atoms. The molecule has 3 nitrogen and oxygen atoms in total. The minimum Gasteiger partial charge on any atom is -0.338 e. The van der Waals surface area contributed by atoms with Gasteiger partial charge in [0, 0.05) is 0 Å². The Morgan fingerprint density at radius 3 is 2.52 bits per heavy atom. The van der Waals surface area contributed by atoms with Crippen molar-refractivity contribution in [3.63, 3.8) is 0 Å². The fraction of sp³-hybridized carbons (Fsp3) is 0.182. The number of aromatic nitrogens is 2. The van der Waals surface area contributed by atoms with Crippen LogP contribution in [0.4, 0.5) is 0 Å². The molecule has 0 saturated carbocycles. The molecule has 0 radical (unpaired) electrons. The molecular weight excluding hydrogens is 308 g/mol. The molecule has 0 fully saturated rings. The zero-order chi connectivity index (χ0) is 17.6. The number of ketones is 1. The van der Waals surface area contributed by atoms with E-state index in [1.165, 1.54) is 30.5 Å². The Hall–Kier alpha value is -2.94. The minimum absolute atomic E-state index is 0.167. The van der Waals surface area contributed by atoms with Crippen molar-refractivity contribution < 1.29 is 4.79 Å². The highest BCUT2D eigenvalue weighted by molar-refractivity contribution is 5.80. The number of benzene rings is 2. The number of nitrogens with zero attached hydrogens (tertiary/aromatic N) is 1. The molecule has 3 aromatic rings. The van der Waals surface area contributed by atoms with Crippen LogP contribution >= 0.6 is 0 Å². The van der Waals surface area contributed by atoms with E-state index in [2.05, 4.69) is 76.7 Å². The lowest BCUT2D eigenvalue weighted by Gasteiger charge is -2.01. The second-order valence-corrected chi connectivity index (χ2v) is 6.33. The predicted octanol–water partition coefficient (Wildman–Crippen LogP) is 5.09. The van der Waals surface area contributed by atoms with Gasteiger partial charge in [-0.05, 0) is 55.5 Å². The Morgan fingerprint density at radius 1 is 1.08 bits per heavy atom. The maximum Gasteiger partial charge on any atom is 0.134 e. The molecule has 0 aliphatic heterocycles. The van der Waals surface area contributed by atoms with Crippen molar-refractivity contribution >= 4 is 22.4 Å². The fourth-order valence-electron chi connectivity index (χ4n) is 2.77. The summed E-state index contributed by atoms with van der Waals surface area (Å²) in [4.78, 5) is 17.6. The zero-order valence-corrected chi connectivity index (χ0v) is 14.6. The number of aromatic amines is 1. The number of rotatable bonds is 3. The summed E-state index contributed by atoms with van der Waals surface area (Å²) in [5, 5.41) is 0. The van der Waals surface area contributed by atoms with Crippen molar-refractivity contribution in [1.29, 1.82) is 0 Å². The van der Waals surface area contributed by atoms with Gasteiger partial charge in [-0.15, -0.1) is 0 Å². The SMILES string of the molecule is C1=CCC(c2nc3ccc(Cc4ccccc4)cc3[nH]2)=C1.CC(C)=O. The summed E-state index contributed by atoms with van der Waals surface area (Å²) in [6.45, 7) is 3.06. The second kappa shape index (κ2) is 7.75. The Labute approximate surface area is 148 Å². The van der Waals surface area contributed by atoms with Crippen molar-refractivity contribution in [2.75, 3.05) is 0 Å². The topological polar surface area (TPSA) is 45.8 Å². The normalized spacial score (nSPS) is 12.6. The fourth-order valence-corrected chi connectivity index (χ4v) is 2.77. The first-order valence-corrected chi connectivity index (χ1v) is 8.47. The molecule has 0 amide bonds. The Balaban J connectivity index is 0.000000415. The lowest BCUT2D eigenvalue weighted by atomic mass is 10.0. The number of carbonyl (C=O) groups is 1. The van der Waals surface area contributed by atoms with E-state index < -0.39 is 0 Å². The average molecular weight is 330 g/mol. The zero-order valence-electron chi connectivity index (χ0n) is 14.6. The molecule has 2 aromatic carbocycles. The first-order valence-electron chi connectivity index (χ1n) is 8.47. The van der Waals surface area contributed by atoms with E-state index in [4.69, 9.17) is 0 Å². The van der Waals surface area contributed by atoms with Crippen LogP contribution in [0.1, 0.15) is 37.2 Å². The molecule has 126 valence electrons. The van der Waals surface area contributed by atoms with Gasteiger partial charge in [0.15, 0.2) is 0 Å².